The van der Waals surface area contributed by atoms with E-state index >= 15 is 0 Å². The Balaban J connectivity index is 3.42. The Morgan fingerprint density at radius 1 is 0.952 bits per heavy atom. The van der Waals surface area contributed by atoms with Gasteiger partial charge in [0.1, 0.15) is 6.61 Å². The Morgan fingerprint density at radius 3 is 2.00 bits per heavy atom. The molecule has 0 rings (SSSR count). The normalized spacial score (nSPS) is 11.7. The van der Waals surface area contributed by atoms with Crippen LogP contribution in [0.3, 0.4) is 0 Å². The van der Waals surface area contributed by atoms with E-state index in [1.54, 1.807) is 0 Å². The van der Waals surface area contributed by atoms with Crippen LogP contribution in [0.2, 0.25) is 0 Å². The van der Waals surface area contributed by atoms with E-state index in [1.807, 2.05) is 0 Å². The van der Waals surface area contributed by atoms with Crippen molar-refractivity contribution in [2.75, 3.05) is 19.0 Å². The first-order valence-electron chi connectivity index (χ1n) is 8.01. The predicted octanol–water partition coefficient (Wildman–Crippen LogP) is 2.82. The molecule has 0 atom stereocenters. The summed E-state index contributed by atoms with van der Waals surface area (Å²) >= 11 is 0. The molecule has 0 aromatic carbocycles. The molecule has 1 N–H and O–H groups in total. The number of ketones is 1. The number of hydrogen-bond acceptors (Lipinski definition) is 5. The Morgan fingerprint density at radius 2 is 1.48 bits per heavy atom. The standard InChI is InChI=1S/C15H30O5S/c1-2-3-4-5-6-7-8-9-10-11-15(17)14-20-21(18,19)13-12-16/h16H,2-14H2,1H3. The molecule has 0 aromatic rings. The Bertz CT molecular complexity index is 351. The van der Waals surface area contributed by atoms with Gasteiger partial charge in [-0.1, -0.05) is 58.3 Å². The van der Waals surface area contributed by atoms with Gasteiger partial charge in [0.25, 0.3) is 10.1 Å². The van der Waals surface area contributed by atoms with Crippen LogP contribution in [0.15, 0.2) is 0 Å². The lowest BCUT2D eigenvalue weighted by Gasteiger charge is -2.04. The van der Waals surface area contributed by atoms with Gasteiger partial charge in [0.05, 0.1) is 12.4 Å². The number of aliphatic hydroxyl groups excluding tert-OH is 1. The fourth-order valence-electron chi connectivity index (χ4n) is 2.03. The average molecular weight is 322 g/mol. The van der Waals surface area contributed by atoms with Crippen LogP contribution in [0.4, 0.5) is 0 Å². The number of rotatable bonds is 15. The molecule has 0 unspecified atom stereocenters. The highest BCUT2D eigenvalue weighted by molar-refractivity contribution is 7.86. The molecule has 0 radical (unpaired) electrons. The number of Topliss-reactive ketones (excluding diaryl/α,β-unsaturated/α-hetero) is 1. The Hall–Kier alpha value is -0.460. The van der Waals surface area contributed by atoms with Gasteiger partial charge < -0.3 is 5.11 Å². The number of carbonyl (C=O) groups is 1. The Kier molecular flexibility index (Phi) is 12.9. The molecule has 0 heterocycles. The lowest BCUT2D eigenvalue weighted by molar-refractivity contribution is -0.121. The average Bonchev–Trinajstić information content (AvgIpc) is 2.43. The fraction of sp³-hybridized carbons (Fsp3) is 0.933. The second-order valence-corrected chi connectivity index (χ2v) is 7.12. The summed E-state index contributed by atoms with van der Waals surface area (Å²) in [5.74, 6) is -0.655. The van der Waals surface area contributed by atoms with Crippen LogP contribution in [0.1, 0.15) is 71.1 Å². The summed E-state index contributed by atoms with van der Waals surface area (Å²) in [4.78, 5) is 11.4. The number of carbonyl (C=O) groups excluding carboxylic acids is 1. The van der Waals surface area contributed by atoms with Crippen LogP contribution < -0.4 is 0 Å². The third-order valence-corrected chi connectivity index (χ3v) is 4.46. The van der Waals surface area contributed by atoms with Crippen molar-refractivity contribution in [3.63, 3.8) is 0 Å². The molecule has 0 saturated heterocycles. The molecule has 5 nitrogen and oxygen atoms in total. The summed E-state index contributed by atoms with van der Waals surface area (Å²) in [5.41, 5.74) is 0. The first kappa shape index (κ1) is 20.5. The Labute approximate surface area is 129 Å². The van der Waals surface area contributed by atoms with Crippen LogP contribution in [0.5, 0.6) is 0 Å². The van der Waals surface area contributed by atoms with Crippen LogP contribution in [0.25, 0.3) is 0 Å². The quantitative estimate of drug-likeness (QED) is 0.370. The minimum atomic E-state index is -3.75. The monoisotopic (exact) mass is 322 g/mol. The summed E-state index contributed by atoms with van der Waals surface area (Å²) in [5, 5.41) is 8.51. The molecule has 0 amide bonds. The largest absolute Gasteiger partial charge is 0.395 e. The molecule has 6 heteroatoms. The predicted molar refractivity (Wildman–Crippen MR) is 83.7 cm³/mol. The topological polar surface area (TPSA) is 80.7 Å². The highest BCUT2D eigenvalue weighted by Gasteiger charge is 2.12. The van der Waals surface area contributed by atoms with Crippen LogP contribution >= 0.6 is 0 Å². The second kappa shape index (κ2) is 13.2. The zero-order chi connectivity index (χ0) is 16.0. The highest BCUT2D eigenvalue weighted by Crippen LogP contribution is 2.10. The first-order chi connectivity index (χ1) is 10.0. The molecule has 0 aliphatic heterocycles. The maximum absolute atomic E-state index is 11.4. The van der Waals surface area contributed by atoms with E-state index in [4.69, 9.17) is 5.11 Å². The number of aliphatic hydroxyl groups is 1. The van der Waals surface area contributed by atoms with Crippen LogP contribution in [-0.2, 0) is 19.1 Å². The summed E-state index contributed by atoms with van der Waals surface area (Å²) in [6, 6.07) is 0. The SMILES string of the molecule is CCCCCCCCCCCC(=O)COS(=O)(=O)CCO. The van der Waals surface area contributed by atoms with E-state index in [2.05, 4.69) is 11.1 Å². The smallest absolute Gasteiger partial charge is 0.270 e. The van der Waals surface area contributed by atoms with Crippen molar-refractivity contribution in [2.24, 2.45) is 0 Å². The highest BCUT2D eigenvalue weighted by atomic mass is 32.2. The lowest BCUT2D eigenvalue weighted by atomic mass is 10.1. The van der Waals surface area contributed by atoms with Gasteiger partial charge >= 0.3 is 0 Å². The molecule has 0 bridgehead atoms. The van der Waals surface area contributed by atoms with Gasteiger partial charge in [0.15, 0.2) is 5.78 Å². The van der Waals surface area contributed by atoms with Crippen molar-refractivity contribution >= 4 is 15.9 Å². The summed E-state index contributed by atoms with van der Waals surface area (Å²) < 4.78 is 26.8. The zero-order valence-electron chi connectivity index (χ0n) is 13.2. The number of hydrogen-bond donors (Lipinski definition) is 1. The minimum Gasteiger partial charge on any atom is -0.395 e. The van der Waals surface area contributed by atoms with Crippen molar-refractivity contribution in [1.29, 1.82) is 0 Å². The third kappa shape index (κ3) is 14.2. The van der Waals surface area contributed by atoms with E-state index in [-0.39, 0.29) is 5.78 Å². The van der Waals surface area contributed by atoms with Gasteiger partial charge in [-0.15, -0.1) is 0 Å². The van der Waals surface area contributed by atoms with Crippen LogP contribution in [-0.4, -0.2) is 38.3 Å². The van der Waals surface area contributed by atoms with Gasteiger partial charge in [-0.05, 0) is 6.42 Å². The molecule has 0 aromatic heterocycles. The summed E-state index contributed by atoms with van der Waals surface area (Å²) in [7, 11) is -3.75. The molecule has 0 saturated carbocycles. The fourth-order valence-corrected chi connectivity index (χ4v) is 2.68. The summed E-state index contributed by atoms with van der Waals surface area (Å²) in [6.07, 6.45) is 10.9. The van der Waals surface area contributed by atoms with E-state index in [9.17, 15) is 13.2 Å². The minimum absolute atomic E-state index is 0.195. The van der Waals surface area contributed by atoms with Gasteiger partial charge in [0.2, 0.25) is 0 Å². The summed E-state index contributed by atoms with van der Waals surface area (Å²) in [6.45, 7) is 1.31. The van der Waals surface area contributed by atoms with Crippen LogP contribution in [0, 0.1) is 0 Å². The third-order valence-electron chi connectivity index (χ3n) is 3.30. The van der Waals surface area contributed by atoms with E-state index in [0.717, 1.165) is 19.3 Å². The lowest BCUT2D eigenvalue weighted by Crippen LogP contribution is -2.18. The molecular formula is C15H30O5S. The van der Waals surface area contributed by atoms with E-state index < -0.39 is 29.1 Å². The van der Waals surface area contributed by atoms with Gasteiger partial charge in [0, 0.05) is 6.42 Å². The second-order valence-electron chi connectivity index (χ2n) is 5.36. The molecular weight excluding hydrogens is 292 g/mol. The van der Waals surface area contributed by atoms with Crippen molar-refractivity contribution < 1.29 is 22.5 Å². The molecule has 0 spiro atoms. The van der Waals surface area contributed by atoms with E-state index in [0.29, 0.717) is 6.42 Å². The van der Waals surface area contributed by atoms with Crippen molar-refractivity contribution in [3.8, 4) is 0 Å². The molecule has 126 valence electrons. The first-order valence-corrected chi connectivity index (χ1v) is 9.59. The molecule has 21 heavy (non-hydrogen) atoms. The maximum atomic E-state index is 11.4. The number of unbranched alkanes of at least 4 members (excludes halogenated alkanes) is 8. The van der Waals surface area contributed by atoms with E-state index in [1.165, 1.54) is 38.5 Å². The molecule has 0 fully saturated rings. The van der Waals surface area contributed by atoms with Crippen molar-refractivity contribution in [1.82, 2.24) is 0 Å². The van der Waals surface area contributed by atoms with Crippen molar-refractivity contribution in [2.45, 2.75) is 71.1 Å². The maximum Gasteiger partial charge on any atom is 0.270 e. The molecule has 0 aliphatic carbocycles. The van der Waals surface area contributed by atoms with Crippen molar-refractivity contribution in [3.05, 3.63) is 0 Å². The molecule has 0 aliphatic rings. The van der Waals surface area contributed by atoms with Gasteiger partial charge in [-0.25, -0.2) is 0 Å². The zero-order valence-corrected chi connectivity index (χ0v) is 14.0. The van der Waals surface area contributed by atoms with Gasteiger partial charge in [-0.2, -0.15) is 8.42 Å². The van der Waals surface area contributed by atoms with Gasteiger partial charge in [-0.3, -0.25) is 8.98 Å².